The number of nitrogens with one attached hydrogen (secondary N) is 1. The van der Waals surface area contributed by atoms with Gasteiger partial charge in [-0.05, 0) is 12.1 Å². The molecule has 0 spiro atoms. The summed E-state index contributed by atoms with van der Waals surface area (Å²) in [6, 6.07) is 6.60. The minimum atomic E-state index is -1.11. The number of nitrogens with two attached hydrogens (primary N) is 1. The van der Waals surface area contributed by atoms with Crippen LogP contribution in [0.2, 0.25) is 0 Å². The van der Waals surface area contributed by atoms with Gasteiger partial charge < -0.3 is 20.3 Å². The fourth-order valence-electron chi connectivity index (χ4n) is 1.21. The number of pyridine rings is 2. The zero-order valence-corrected chi connectivity index (χ0v) is 11.6. The van der Waals surface area contributed by atoms with Crippen molar-refractivity contribution >= 4 is 17.5 Å². The summed E-state index contributed by atoms with van der Waals surface area (Å²) in [5, 5.41) is 10.5. The first-order valence-corrected chi connectivity index (χ1v) is 5.80. The Balaban J connectivity index is 0.000000219. The van der Waals surface area contributed by atoms with Gasteiger partial charge in [-0.15, -0.1) is 0 Å². The Morgan fingerprint density at radius 3 is 2.05 bits per heavy atom. The van der Waals surface area contributed by atoms with Crippen molar-refractivity contribution in [2.24, 2.45) is 0 Å². The van der Waals surface area contributed by atoms with E-state index in [4.69, 9.17) is 20.3 Å². The lowest BCUT2D eigenvalue weighted by molar-refractivity contribution is 0.209. The SMILES string of the molecule is COc1ccc(N)cn1.COc1ccc(NC(=O)O)cn1. The average molecular weight is 292 g/mol. The molecule has 21 heavy (non-hydrogen) atoms. The van der Waals surface area contributed by atoms with Gasteiger partial charge in [0.15, 0.2) is 0 Å². The van der Waals surface area contributed by atoms with Crippen molar-refractivity contribution in [3.8, 4) is 11.8 Å². The van der Waals surface area contributed by atoms with Crippen molar-refractivity contribution in [3.05, 3.63) is 36.7 Å². The molecule has 0 unspecified atom stereocenters. The Morgan fingerprint density at radius 1 is 1.10 bits per heavy atom. The minimum Gasteiger partial charge on any atom is -0.481 e. The summed E-state index contributed by atoms with van der Waals surface area (Å²) in [5.41, 5.74) is 6.43. The van der Waals surface area contributed by atoms with Gasteiger partial charge in [0, 0.05) is 12.1 Å². The van der Waals surface area contributed by atoms with E-state index in [-0.39, 0.29) is 0 Å². The Bertz CT molecular complexity index is 557. The number of nitrogen functional groups attached to an aromatic ring is 1. The first-order chi connectivity index (χ1) is 10.0. The van der Waals surface area contributed by atoms with E-state index in [2.05, 4.69) is 15.3 Å². The highest BCUT2D eigenvalue weighted by molar-refractivity contribution is 5.82. The van der Waals surface area contributed by atoms with E-state index >= 15 is 0 Å². The molecule has 0 saturated heterocycles. The zero-order chi connectivity index (χ0) is 15.7. The number of aromatic nitrogens is 2. The third kappa shape index (κ3) is 6.10. The highest BCUT2D eigenvalue weighted by Gasteiger charge is 1.97. The van der Waals surface area contributed by atoms with E-state index < -0.39 is 6.09 Å². The monoisotopic (exact) mass is 292 g/mol. The van der Waals surface area contributed by atoms with Crippen molar-refractivity contribution in [2.75, 3.05) is 25.3 Å². The molecule has 0 saturated carbocycles. The second-order valence-corrected chi connectivity index (χ2v) is 3.65. The predicted molar refractivity (Wildman–Crippen MR) is 77.6 cm³/mol. The molecule has 0 aliphatic carbocycles. The van der Waals surface area contributed by atoms with E-state index in [9.17, 15) is 4.79 Å². The lowest BCUT2D eigenvalue weighted by Gasteiger charge is -2.00. The summed E-state index contributed by atoms with van der Waals surface area (Å²) in [6.45, 7) is 0. The predicted octanol–water partition coefficient (Wildman–Crippen LogP) is 1.85. The van der Waals surface area contributed by atoms with Crippen LogP contribution < -0.4 is 20.5 Å². The summed E-state index contributed by atoms with van der Waals surface area (Å²) >= 11 is 0. The number of methoxy groups -OCH3 is 2. The summed E-state index contributed by atoms with van der Waals surface area (Å²) in [7, 11) is 3.06. The number of hydrogen-bond donors (Lipinski definition) is 3. The standard InChI is InChI=1S/C7H8N2O3.C6H8N2O/c1-12-6-3-2-5(4-8-6)9-7(10)11;1-9-6-3-2-5(7)4-8-6/h2-4,9H,1H3,(H,10,11);2-4H,7H2,1H3. The van der Waals surface area contributed by atoms with Gasteiger partial charge in [0.25, 0.3) is 0 Å². The van der Waals surface area contributed by atoms with Crippen LogP contribution in [0.25, 0.3) is 0 Å². The number of carboxylic acid groups (broad SMARTS) is 1. The molecular formula is C13H16N4O4. The Kier molecular flexibility index (Phi) is 6.26. The molecule has 0 atom stereocenters. The van der Waals surface area contributed by atoms with Gasteiger partial charge >= 0.3 is 6.09 Å². The number of anilines is 2. The zero-order valence-electron chi connectivity index (χ0n) is 11.6. The number of rotatable bonds is 3. The molecule has 2 aromatic rings. The van der Waals surface area contributed by atoms with Crippen LogP contribution in [0, 0.1) is 0 Å². The van der Waals surface area contributed by atoms with Crippen LogP contribution in [0.4, 0.5) is 16.2 Å². The second kappa shape index (κ2) is 8.20. The van der Waals surface area contributed by atoms with E-state index in [0.29, 0.717) is 23.1 Å². The normalized spacial score (nSPS) is 9.05. The van der Waals surface area contributed by atoms with Crippen LogP contribution in [-0.2, 0) is 0 Å². The molecule has 8 nitrogen and oxygen atoms in total. The van der Waals surface area contributed by atoms with Gasteiger partial charge in [-0.25, -0.2) is 14.8 Å². The van der Waals surface area contributed by atoms with Crippen LogP contribution in [0.1, 0.15) is 0 Å². The maximum Gasteiger partial charge on any atom is 0.409 e. The largest absolute Gasteiger partial charge is 0.481 e. The highest BCUT2D eigenvalue weighted by Crippen LogP contribution is 2.10. The lowest BCUT2D eigenvalue weighted by atomic mass is 10.4. The summed E-state index contributed by atoms with van der Waals surface area (Å²) in [4.78, 5) is 17.8. The first kappa shape index (κ1) is 16.0. The Labute approximate surface area is 121 Å². The topological polar surface area (TPSA) is 120 Å². The van der Waals surface area contributed by atoms with Gasteiger partial charge in [-0.2, -0.15) is 0 Å². The number of ether oxygens (including phenoxy) is 2. The molecule has 2 heterocycles. The van der Waals surface area contributed by atoms with E-state index in [1.165, 1.54) is 13.3 Å². The van der Waals surface area contributed by atoms with Crippen LogP contribution in [0.5, 0.6) is 11.8 Å². The van der Waals surface area contributed by atoms with Crippen molar-refractivity contribution in [3.63, 3.8) is 0 Å². The quantitative estimate of drug-likeness (QED) is 0.789. The molecule has 0 bridgehead atoms. The molecule has 0 aliphatic rings. The van der Waals surface area contributed by atoms with Gasteiger partial charge in [-0.3, -0.25) is 5.32 Å². The number of amides is 1. The third-order valence-corrected chi connectivity index (χ3v) is 2.17. The molecule has 8 heteroatoms. The molecule has 0 aromatic carbocycles. The lowest BCUT2D eigenvalue weighted by Crippen LogP contribution is -2.07. The maximum absolute atomic E-state index is 10.2. The number of carbonyl (C=O) groups is 1. The van der Waals surface area contributed by atoms with Crippen molar-refractivity contribution in [2.45, 2.75) is 0 Å². The van der Waals surface area contributed by atoms with E-state index in [0.717, 1.165) is 0 Å². The molecule has 1 amide bonds. The molecule has 0 fully saturated rings. The van der Waals surface area contributed by atoms with Gasteiger partial charge in [0.2, 0.25) is 11.8 Å². The summed E-state index contributed by atoms with van der Waals surface area (Å²) in [5.74, 6) is 1.04. The third-order valence-electron chi connectivity index (χ3n) is 2.17. The highest BCUT2D eigenvalue weighted by atomic mass is 16.5. The van der Waals surface area contributed by atoms with Crippen LogP contribution >= 0.6 is 0 Å². The smallest absolute Gasteiger partial charge is 0.409 e. The van der Waals surface area contributed by atoms with Crippen molar-refractivity contribution in [1.82, 2.24) is 9.97 Å². The van der Waals surface area contributed by atoms with Crippen LogP contribution in [0.15, 0.2) is 36.7 Å². The average Bonchev–Trinajstić information content (AvgIpc) is 2.49. The van der Waals surface area contributed by atoms with Gasteiger partial charge in [0.05, 0.1) is 38.0 Å². The number of nitrogens with zero attached hydrogens (tertiary/aromatic N) is 2. The van der Waals surface area contributed by atoms with E-state index in [1.807, 2.05) is 0 Å². The summed E-state index contributed by atoms with van der Waals surface area (Å²) in [6.07, 6.45) is 1.83. The summed E-state index contributed by atoms with van der Waals surface area (Å²) < 4.78 is 9.59. The first-order valence-electron chi connectivity index (χ1n) is 5.80. The van der Waals surface area contributed by atoms with Crippen molar-refractivity contribution < 1.29 is 19.4 Å². The Hall–Kier alpha value is -3.03. The molecule has 0 radical (unpaired) electrons. The molecule has 2 aromatic heterocycles. The van der Waals surface area contributed by atoms with Crippen LogP contribution in [0.3, 0.4) is 0 Å². The fraction of sp³-hybridized carbons (Fsp3) is 0.154. The molecular weight excluding hydrogens is 276 g/mol. The Morgan fingerprint density at radius 2 is 1.67 bits per heavy atom. The maximum atomic E-state index is 10.2. The van der Waals surface area contributed by atoms with E-state index in [1.54, 1.807) is 37.6 Å². The second-order valence-electron chi connectivity index (χ2n) is 3.65. The molecule has 4 N–H and O–H groups in total. The van der Waals surface area contributed by atoms with Crippen molar-refractivity contribution in [1.29, 1.82) is 0 Å². The minimum absolute atomic E-state index is 0.420. The molecule has 0 aliphatic heterocycles. The van der Waals surface area contributed by atoms with Crippen LogP contribution in [-0.4, -0.2) is 35.4 Å². The number of hydrogen-bond acceptors (Lipinski definition) is 6. The van der Waals surface area contributed by atoms with Gasteiger partial charge in [-0.1, -0.05) is 0 Å². The molecule has 112 valence electrons. The fourth-order valence-corrected chi connectivity index (χ4v) is 1.21. The van der Waals surface area contributed by atoms with Gasteiger partial charge in [0.1, 0.15) is 0 Å². The molecule has 2 rings (SSSR count).